The van der Waals surface area contributed by atoms with Gasteiger partial charge in [-0.15, -0.1) is 11.8 Å². The standard InChI is InChI=1S/C22H32OS/c1-2-3-4-5-6-7-8-9-10-11-16-24-22-15-13-19-17-21(23)14-12-20(19)18-22/h12-15,17-18,23H,2-11,16H2,1H3. The summed E-state index contributed by atoms with van der Waals surface area (Å²) in [5.74, 6) is 1.55. The Hall–Kier alpha value is -1.15. The lowest BCUT2D eigenvalue weighted by atomic mass is 10.1. The molecule has 0 amide bonds. The highest BCUT2D eigenvalue weighted by atomic mass is 32.2. The lowest BCUT2D eigenvalue weighted by molar-refractivity contribution is 0.476. The first-order valence-electron chi connectivity index (χ1n) is 9.65. The van der Waals surface area contributed by atoms with E-state index in [2.05, 4.69) is 25.1 Å². The fourth-order valence-electron chi connectivity index (χ4n) is 3.08. The van der Waals surface area contributed by atoms with Gasteiger partial charge in [-0.05, 0) is 47.2 Å². The van der Waals surface area contributed by atoms with Crippen LogP contribution in [0, 0.1) is 0 Å². The van der Waals surface area contributed by atoms with Crippen LogP contribution in [0.2, 0.25) is 0 Å². The molecule has 1 N–H and O–H groups in total. The van der Waals surface area contributed by atoms with E-state index in [4.69, 9.17) is 0 Å². The first-order valence-corrected chi connectivity index (χ1v) is 10.6. The number of hydrogen-bond acceptors (Lipinski definition) is 2. The second-order valence-corrected chi connectivity index (χ2v) is 7.89. The van der Waals surface area contributed by atoms with Crippen molar-refractivity contribution < 1.29 is 5.11 Å². The third-order valence-electron chi connectivity index (χ3n) is 4.56. The van der Waals surface area contributed by atoms with E-state index in [1.54, 1.807) is 6.07 Å². The van der Waals surface area contributed by atoms with E-state index in [1.807, 2.05) is 23.9 Å². The van der Waals surface area contributed by atoms with Crippen molar-refractivity contribution in [3.63, 3.8) is 0 Å². The molecule has 2 heteroatoms. The molecule has 2 aromatic rings. The molecule has 0 aromatic heterocycles. The van der Waals surface area contributed by atoms with Crippen LogP contribution in [-0.4, -0.2) is 10.9 Å². The Morgan fingerprint density at radius 2 is 1.29 bits per heavy atom. The molecule has 0 bridgehead atoms. The zero-order valence-electron chi connectivity index (χ0n) is 15.1. The Kier molecular flexibility index (Phi) is 9.12. The third kappa shape index (κ3) is 7.17. The second-order valence-electron chi connectivity index (χ2n) is 6.72. The van der Waals surface area contributed by atoms with Crippen molar-refractivity contribution in [2.24, 2.45) is 0 Å². The summed E-state index contributed by atoms with van der Waals surface area (Å²) < 4.78 is 0. The average Bonchev–Trinajstić information content (AvgIpc) is 2.59. The molecule has 0 unspecified atom stereocenters. The van der Waals surface area contributed by atoms with Gasteiger partial charge < -0.3 is 5.11 Å². The van der Waals surface area contributed by atoms with Crippen LogP contribution in [-0.2, 0) is 0 Å². The number of phenolic OH excluding ortho intramolecular Hbond substituents is 1. The molecule has 0 aliphatic rings. The first-order chi connectivity index (χ1) is 11.8. The molecule has 0 fully saturated rings. The van der Waals surface area contributed by atoms with E-state index in [0.717, 1.165) is 5.39 Å². The van der Waals surface area contributed by atoms with Gasteiger partial charge in [0.25, 0.3) is 0 Å². The van der Waals surface area contributed by atoms with Crippen LogP contribution in [0.1, 0.15) is 71.1 Å². The molecule has 132 valence electrons. The number of fused-ring (bicyclic) bond motifs is 1. The lowest BCUT2D eigenvalue weighted by Crippen LogP contribution is -1.84. The topological polar surface area (TPSA) is 20.2 Å². The lowest BCUT2D eigenvalue weighted by Gasteiger charge is -2.05. The number of benzene rings is 2. The Balaban J connectivity index is 1.54. The van der Waals surface area contributed by atoms with Gasteiger partial charge in [0.15, 0.2) is 0 Å². The van der Waals surface area contributed by atoms with Crippen molar-refractivity contribution in [2.45, 2.75) is 76.0 Å². The largest absolute Gasteiger partial charge is 0.508 e. The molecule has 0 aliphatic heterocycles. The molecule has 24 heavy (non-hydrogen) atoms. The maximum absolute atomic E-state index is 9.51. The van der Waals surface area contributed by atoms with Crippen molar-refractivity contribution >= 4 is 22.5 Å². The second kappa shape index (κ2) is 11.4. The number of unbranched alkanes of at least 4 members (excludes halogenated alkanes) is 9. The number of hydrogen-bond donors (Lipinski definition) is 1. The van der Waals surface area contributed by atoms with Crippen LogP contribution in [0.25, 0.3) is 10.8 Å². The Morgan fingerprint density at radius 1 is 0.708 bits per heavy atom. The quantitative estimate of drug-likeness (QED) is 0.316. The van der Waals surface area contributed by atoms with E-state index >= 15 is 0 Å². The summed E-state index contributed by atoms with van der Waals surface area (Å²) in [5, 5.41) is 11.8. The van der Waals surface area contributed by atoms with Gasteiger partial charge in [0, 0.05) is 4.90 Å². The van der Waals surface area contributed by atoms with Gasteiger partial charge in [0.2, 0.25) is 0 Å². The molecule has 0 spiro atoms. The minimum absolute atomic E-state index is 0.341. The van der Waals surface area contributed by atoms with Gasteiger partial charge >= 0.3 is 0 Å². The highest BCUT2D eigenvalue weighted by Gasteiger charge is 1.99. The highest BCUT2D eigenvalue weighted by Crippen LogP contribution is 2.26. The number of rotatable bonds is 12. The van der Waals surface area contributed by atoms with Gasteiger partial charge in [-0.3, -0.25) is 0 Å². The summed E-state index contributed by atoms with van der Waals surface area (Å²) in [6.45, 7) is 2.28. The van der Waals surface area contributed by atoms with Gasteiger partial charge in [0.05, 0.1) is 0 Å². The Morgan fingerprint density at radius 3 is 2.00 bits per heavy atom. The average molecular weight is 345 g/mol. The van der Waals surface area contributed by atoms with E-state index < -0.39 is 0 Å². The number of thioether (sulfide) groups is 1. The normalized spacial score (nSPS) is 11.2. The van der Waals surface area contributed by atoms with Crippen LogP contribution in [0.15, 0.2) is 41.3 Å². The van der Waals surface area contributed by atoms with Gasteiger partial charge in [-0.1, -0.05) is 76.8 Å². The molecule has 0 aliphatic carbocycles. The fraction of sp³-hybridized carbons (Fsp3) is 0.545. The predicted octanol–water partition coefficient (Wildman–Crippen LogP) is 7.56. The molecule has 2 aromatic carbocycles. The smallest absolute Gasteiger partial charge is 0.116 e. The number of phenols is 1. The van der Waals surface area contributed by atoms with Crippen molar-refractivity contribution in [3.05, 3.63) is 36.4 Å². The van der Waals surface area contributed by atoms with E-state index in [1.165, 1.54) is 80.2 Å². The molecule has 0 atom stereocenters. The summed E-state index contributed by atoms with van der Waals surface area (Å²) in [7, 11) is 0. The van der Waals surface area contributed by atoms with E-state index in [9.17, 15) is 5.11 Å². The van der Waals surface area contributed by atoms with Crippen LogP contribution < -0.4 is 0 Å². The first kappa shape index (κ1) is 19.2. The monoisotopic (exact) mass is 344 g/mol. The third-order valence-corrected chi connectivity index (χ3v) is 5.64. The minimum atomic E-state index is 0.341. The maximum Gasteiger partial charge on any atom is 0.116 e. The molecular weight excluding hydrogens is 312 g/mol. The zero-order valence-corrected chi connectivity index (χ0v) is 15.9. The summed E-state index contributed by atoms with van der Waals surface area (Å²) in [5.41, 5.74) is 0. The van der Waals surface area contributed by atoms with Crippen LogP contribution in [0.3, 0.4) is 0 Å². The highest BCUT2D eigenvalue weighted by molar-refractivity contribution is 7.99. The van der Waals surface area contributed by atoms with Crippen LogP contribution in [0.5, 0.6) is 5.75 Å². The van der Waals surface area contributed by atoms with Gasteiger partial charge in [0.1, 0.15) is 5.75 Å². The van der Waals surface area contributed by atoms with Crippen molar-refractivity contribution in [1.29, 1.82) is 0 Å². The SMILES string of the molecule is CCCCCCCCCCCCSc1ccc2cc(O)ccc2c1. The molecule has 0 saturated carbocycles. The summed E-state index contributed by atoms with van der Waals surface area (Å²) in [6, 6.07) is 12.1. The van der Waals surface area contributed by atoms with Crippen molar-refractivity contribution in [3.8, 4) is 5.75 Å². The Labute approximate surface area is 151 Å². The summed E-state index contributed by atoms with van der Waals surface area (Å²) in [4.78, 5) is 1.34. The van der Waals surface area contributed by atoms with E-state index in [0.29, 0.717) is 5.75 Å². The molecular formula is C22H32OS. The van der Waals surface area contributed by atoms with Gasteiger partial charge in [-0.2, -0.15) is 0 Å². The molecule has 2 rings (SSSR count). The molecule has 1 nitrogen and oxygen atoms in total. The predicted molar refractivity (Wildman–Crippen MR) is 108 cm³/mol. The Bertz CT molecular complexity index is 594. The van der Waals surface area contributed by atoms with Crippen LogP contribution >= 0.6 is 11.8 Å². The molecule has 0 heterocycles. The minimum Gasteiger partial charge on any atom is -0.508 e. The van der Waals surface area contributed by atoms with Gasteiger partial charge in [-0.25, -0.2) is 0 Å². The van der Waals surface area contributed by atoms with Crippen molar-refractivity contribution in [1.82, 2.24) is 0 Å². The fourth-order valence-corrected chi connectivity index (χ4v) is 4.04. The summed E-state index contributed by atoms with van der Waals surface area (Å²) >= 11 is 1.95. The molecule has 0 saturated heterocycles. The van der Waals surface area contributed by atoms with Crippen LogP contribution in [0.4, 0.5) is 0 Å². The number of aromatic hydroxyl groups is 1. The molecule has 0 radical (unpaired) electrons. The summed E-state index contributed by atoms with van der Waals surface area (Å²) in [6.07, 6.45) is 14.0. The zero-order chi connectivity index (χ0) is 17.0. The maximum atomic E-state index is 9.51. The van der Waals surface area contributed by atoms with Crippen molar-refractivity contribution in [2.75, 3.05) is 5.75 Å². The van der Waals surface area contributed by atoms with E-state index in [-0.39, 0.29) is 0 Å².